The molecule has 1 fully saturated rings. The molecule has 2 N–H and O–H groups in total. The van der Waals surface area contributed by atoms with Gasteiger partial charge in [-0.1, -0.05) is 24.8 Å². The maximum absolute atomic E-state index is 11.7. The number of pyridine rings is 2. The van der Waals surface area contributed by atoms with E-state index in [1.54, 1.807) is 24.7 Å². The Kier molecular flexibility index (Phi) is 6.32. The van der Waals surface area contributed by atoms with Crippen molar-refractivity contribution in [3.8, 4) is 11.3 Å². The molecule has 4 heterocycles. The van der Waals surface area contributed by atoms with Gasteiger partial charge >= 0.3 is 0 Å². The predicted octanol–water partition coefficient (Wildman–Crippen LogP) is 3.71. The molecule has 176 valence electrons. The molecule has 4 aromatic rings. The van der Waals surface area contributed by atoms with Gasteiger partial charge in [-0.3, -0.25) is 9.78 Å². The van der Waals surface area contributed by atoms with Crippen LogP contribution in [-0.4, -0.2) is 64.0 Å². The molecule has 1 amide bonds. The van der Waals surface area contributed by atoms with E-state index in [1.807, 2.05) is 36.4 Å². The summed E-state index contributed by atoms with van der Waals surface area (Å²) < 4.78 is 0. The summed E-state index contributed by atoms with van der Waals surface area (Å²) in [5.74, 6) is 1.16. The van der Waals surface area contributed by atoms with Gasteiger partial charge in [-0.2, -0.15) is 0 Å². The lowest BCUT2D eigenvalue weighted by Crippen LogP contribution is -2.44. The number of fused-ring (bicyclic) bond motifs is 1. The molecule has 0 bridgehead atoms. The Labute approximate surface area is 203 Å². The third kappa shape index (κ3) is 5.10. The molecule has 0 radical (unpaired) electrons. The first kappa shape index (κ1) is 22.4. The first-order valence-electron chi connectivity index (χ1n) is 11.4. The minimum Gasteiger partial charge on any atom is -0.354 e. The van der Waals surface area contributed by atoms with Crippen molar-refractivity contribution < 1.29 is 4.79 Å². The fourth-order valence-corrected chi connectivity index (χ4v) is 3.98. The van der Waals surface area contributed by atoms with Crippen LogP contribution < -0.4 is 15.5 Å². The van der Waals surface area contributed by atoms with Crippen molar-refractivity contribution in [2.75, 3.05) is 48.8 Å². The number of rotatable bonds is 6. The van der Waals surface area contributed by atoms with Crippen LogP contribution >= 0.6 is 0 Å². The van der Waals surface area contributed by atoms with Gasteiger partial charge in [-0.05, 0) is 37.4 Å². The van der Waals surface area contributed by atoms with Crippen molar-refractivity contribution in [3.63, 3.8) is 0 Å². The zero-order valence-electron chi connectivity index (χ0n) is 19.5. The Morgan fingerprint density at radius 1 is 1.00 bits per heavy atom. The summed E-state index contributed by atoms with van der Waals surface area (Å²) in [6.45, 7) is 7.51. The highest BCUT2D eigenvalue weighted by Crippen LogP contribution is 2.28. The molecule has 1 aliphatic rings. The Balaban J connectivity index is 1.39. The monoisotopic (exact) mass is 466 g/mol. The number of aromatic nitrogens is 4. The molecule has 0 spiro atoms. The molecule has 9 nitrogen and oxygen atoms in total. The quantitative estimate of drug-likeness (QED) is 0.415. The van der Waals surface area contributed by atoms with Crippen molar-refractivity contribution in [2.24, 2.45) is 0 Å². The molecular formula is C26H26N8O. The zero-order valence-corrected chi connectivity index (χ0v) is 19.5. The molecule has 1 aromatic carbocycles. The Morgan fingerprint density at radius 3 is 2.63 bits per heavy atom. The van der Waals surface area contributed by atoms with Gasteiger partial charge in [0, 0.05) is 55.2 Å². The van der Waals surface area contributed by atoms with Gasteiger partial charge in [0.05, 0.1) is 23.1 Å². The molecule has 0 unspecified atom stereocenters. The Bertz CT molecular complexity index is 1360. The molecule has 0 saturated carbocycles. The zero-order chi connectivity index (χ0) is 24.2. The molecule has 0 atom stereocenters. The minimum absolute atomic E-state index is 0.277. The van der Waals surface area contributed by atoms with E-state index < -0.39 is 0 Å². The highest BCUT2D eigenvalue weighted by molar-refractivity contribution is 5.99. The summed E-state index contributed by atoms with van der Waals surface area (Å²) in [5.41, 5.74) is 3.74. The van der Waals surface area contributed by atoms with Crippen LogP contribution in [0.5, 0.6) is 0 Å². The van der Waals surface area contributed by atoms with Crippen LogP contribution in [0, 0.1) is 0 Å². The second kappa shape index (κ2) is 9.86. The predicted molar refractivity (Wildman–Crippen MR) is 139 cm³/mol. The lowest BCUT2D eigenvalue weighted by molar-refractivity contribution is -0.111. The van der Waals surface area contributed by atoms with Crippen molar-refractivity contribution in [3.05, 3.63) is 73.7 Å². The minimum atomic E-state index is -0.277. The second-order valence-corrected chi connectivity index (χ2v) is 8.38. The molecule has 1 aliphatic heterocycles. The molecule has 5 rings (SSSR count). The summed E-state index contributed by atoms with van der Waals surface area (Å²) in [6.07, 6.45) is 6.47. The van der Waals surface area contributed by atoms with Crippen molar-refractivity contribution in [2.45, 2.75) is 0 Å². The Hall–Kier alpha value is -4.37. The third-order valence-corrected chi connectivity index (χ3v) is 5.93. The highest BCUT2D eigenvalue weighted by atomic mass is 16.1. The van der Waals surface area contributed by atoms with Gasteiger partial charge in [0.15, 0.2) is 0 Å². The van der Waals surface area contributed by atoms with E-state index >= 15 is 0 Å². The largest absolute Gasteiger partial charge is 0.354 e. The second-order valence-electron chi connectivity index (χ2n) is 8.38. The standard InChI is InChI=1S/C26H26N8O/c1-3-24(35)30-19-9-10-27-22(15-19)21-6-4-5-18-16-29-26(32-25(18)21)31-20-7-8-23(28-17-20)34-13-11-33(2)12-14-34/h3-10,15-17H,1,11-14H2,2H3,(H,27,30,35)(H,29,31,32). The summed E-state index contributed by atoms with van der Waals surface area (Å²) in [5, 5.41) is 6.91. The van der Waals surface area contributed by atoms with Gasteiger partial charge in [-0.25, -0.2) is 15.0 Å². The molecule has 0 aliphatic carbocycles. The Morgan fingerprint density at radius 2 is 1.86 bits per heavy atom. The number of para-hydroxylation sites is 1. The van der Waals surface area contributed by atoms with E-state index in [4.69, 9.17) is 4.98 Å². The third-order valence-electron chi connectivity index (χ3n) is 5.93. The topological polar surface area (TPSA) is 99.2 Å². The maximum Gasteiger partial charge on any atom is 0.247 e. The summed E-state index contributed by atoms with van der Waals surface area (Å²) in [4.78, 5) is 34.7. The van der Waals surface area contributed by atoms with Gasteiger partial charge in [-0.15, -0.1) is 0 Å². The van der Waals surface area contributed by atoms with Crippen LogP contribution in [0.3, 0.4) is 0 Å². The van der Waals surface area contributed by atoms with Crippen molar-refractivity contribution in [1.29, 1.82) is 0 Å². The van der Waals surface area contributed by atoms with Crippen LogP contribution in [0.15, 0.2) is 73.7 Å². The maximum atomic E-state index is 11.7. The van der Waals surface area contributed by atoms with E-state index in [9.17, 15) is 4.79 Å². The fourth-order valence-electron chi connectivity index (χ4n) is 3.98. The van der Waals surface area contributed by atoms with E-state index in [1.165, 1.54) is 6.08 Å². The van der Waals surface area contributed by atoms with Crippen LogP contribution in [0.25, 0.3) is 22.2 Å². The normalized spacial score (nSPS) is 14.0. The van der Waals surface area contributed by atoms with Gasteiger partial charge in [0.2, 0.25) is 11.9 Å². The SMILES string of the molecule is C=CC(=O)Nc1ccnc(-c2cccc3cnc(Nc4ccc(N5CCN(C)CC5)nc4)nc23)c1. The van der Waals surface area contributed by atoms with E-state index in [0.29, 0.717) is 17.3 Å². The first-order chi connectivity index (χ1) is 17.1. The number of likely N-dealkylation sites (N-methyl/N-ethyl adjacent to an activating group) is 1. The van der Waals surface area contributed by atoms with Crippen LogP contribution in [0.2, 0.25) is 0 Å². The number of benzene rings is 1. The summed E-state index contributed by atoms with van der Waals surface area (Å²) in [7, 11) is 2.14. The van der Waals surface area contributed by atoms with Gasteiger partial charge in [0.25, 0.3) is 0 Å². The summed E-state index contributed by atoms with van der Waals surface area (Å²) in [6, 6.07) is 13.4. The van der Waals surface area contributed by atoms with Gasteiger partial charge in [0.1, 0.15) is 5.82 Å². The molecule has 9 heteroatoms. The lowest BCUT2D eigenvalue weighted by Gasteiger charge is -2.33. The number of nitrogens with one attached hydrogen (secondary N) is 2. The summed E-state index contributed by atoms with van der Waals surface area (Å²) >= 11 is 0. The number of carbonyl (C=O) groups is 1. The van der Waals surface area contributed by atoms with Crippen LogP contribution in [0.1, 0.15) is 0 Å². The number of hydrogen-bond donors (Lipinski definition) is 2. The average Bonchev–Trinajstić information content (AvgIpc) is 2.89. The number of amides is 1. The van der Waals surface area contributed by atoms with Crippen molar-refractivity contribution in [1.82, 2.24) is 24.8 Å². The number of nitrogens with zero attached hydrogens (tertiary/aromatic N) is 6. The average molecular weight is 467 g/mol. The highest BCUT2D eigenvalue weighted by Gasteiger charge is 2.15. The number of anilines is 4. The van der Waals surface area contributed by atoms with E-state index in [-0.39, 0.29) is 5.91 Å². The van der Waals surface area contributed by atoms with Crippen LogP contribution in [-0.2, 0) is 4.79 Å². The molecule has 1 saturated heterocycles. The number of hydrogen-bond acceptors (Lipinski definition) is 8. The van der Waals surface area contributed by atoms with E-state index in [0.717, 1.165) is 54.2 Å². The van der Waals surface area contributed by atoms with Crippen molar-refractivity contribution >= 4 is 40.0 Å². The fraction of sp³-hybridized carbons (Fsp3) is 0.192. The molecule has 3 aromatic heterocycles. The lowest BCUT2D eigenvalue weighted by atomic mass is 10.1. The van der Waals surface area contributed by atoms with E-state index in [2.05, 4.69) is 49.0 Å². The van der Waals surface area contributed by atoms with Gasteiger partial charge < -0.3 is 20.4 Å². The van der Waals surface area contributed by atoms with Crippen LogP contribution in [0.4, 0.5) is 23.1 Å². The first-order valence-corrected chi connectivity index (χ1v) is 11.4. The molecule has 35 heavy (non-hydrogen) atoms. The smallest absolute Gasteiger partial charge is 0.247 e. The number of carbonyl (C=O) groups excluding carboxylic acids is 1. The molecular weight excluding hydrogens is 440 g/mol. The number of piperazine rings is 1.